The number of aromatic amines is 1. The van der Waals surface area contributed by atoms with Gasteiger partial charge in [-0.25, -0.2) is 4.79 Å². The van der Waals surface area contributed by atoms with E-state index in [9.17, 15) is 9.59 Å². The number of urea groups is 1. The lowest BCUT2D eigenvalue weighted by Crippen LogP contribution is -2.34. The van der Waals surface area contributed by atoms with Crippen LogP contribution in [-0.4, -0.2) is 20.9 Å². The van der Waals surface area contributed by atoms with Crippen molar-refractivity contribution in [1.29, 1.82) is 0 Å². The second-order valence-corrected chi connectivity index (χ2v) is 5.63. The largest absolute Gasteiger partial charge is 0.467 e. The van der Waals surface area contributed by atoms with Crippen LogP contribution >= 0.6 is 0 Å². The Labute approximate surface area is 144 Å². The molecule has 0 aliphatic carbocycles. The summed E-state index contributed by atoms with van der Waals surface area (Å²) in [6.45, 7) is 2.38. The van der Waals surface area contributed by atoms with E-state index in [1.807, 2.05) is 18.2 Å². The highest BCUT2D eigenvalue weighted by atomic mass is 16.3. The van der Waals surface area contributed by atoms with Crippen molar-refractivity contribution in [2.24, 2.45) is 0 Å². The van der Waals surface area contributed by atoms with E-state index in [2.05, 4.69) is 15.3 Å². The third kappa shape index (κ3) is 4.35. The summed E-state index contributed by atoms with van der Waals surface area (Å²) >= 11 is 0. The lowest BCUT2D eigenvalue weighted by molar-refractivity contribution is 0.201. The smallest absolute Gasteiger partial charge is 0.322 e. The Morgan fingerprint density at radius 3 is 2.88 bits per heavy atom. The molecule has 7 nitrogen and oxygen atoms in total. The van der Waals surface area contributed by atoms with Crippen LogP contribution in [-0.2, 0) is 13.1 Å². The molecule has 2 amide bonds. The molecule has 7 heteroatoms. The molecule has 0 aliphatic rings. The second-order valence-electron chi connectivity index (χ2n) is 5.63. The summed E-state index contributed by atoms with van der Waals surface area (Å²) in [6, 6.07) is 8.65. The van der Waals surface area contributed by atoms with Gasteiger partial charge in [-0.3, -0.25) is 9.78 Å². The summed E-state index contributed by atoms with van der Waals surface area (Å²) in [4.78, 5) is 32.4. The molecule has 0 unspecified atom stereocenters. The first-order valence-electron chi connectivity index (χ1n) is 7.78. The number of anilines is 1. The Kier molecular flexibility index (Phi) is 4.94. The van der Waals surface area contributed by atoms with Gasteiger partial charge in [-0.05, 0) is 36.8 Å². The van der Waals surface area contributed by atoms with Gasteiger partial charge >= 0.3 is 6.03 Å². The van der Waals surface area contributed by atoms with Crippen molar-refractivity contribution in [3.63, 3.8) is 0 Å². The molecule has 3 aromatic heterocycles. The van der Waals surface area contributed by atoms with E-state index in [-0.39, 0.29) is 11.6 Å². The fourth-order valence-corrected chi connectivity index (χ4v) is 2.37. The Balaban J connectivity index is 1.78. The van der Waals surface area contributed by atoms with Crippen LogP contribution in [0.2, 0.25) is 0 Å². The van der Waals surface area contributed by atoms with E-state index in [1.165, 1.54) is 6.20 Å². The van der Waals surface area contributed by atoms with Crippen LogP contribution in [0.3, 0.4) is 0 Å². The van der Waals surface area contributed by atoms with Crippen molar-refractivity contribution in [3.05, 3.63) is 82.4 Å². The lowest BCUT2D eigenvalue weighted by atomic mass is 10.2. The van der Waals surface area contributed by atoms with Crippen molar-refractivity contribution < 1.29 is 9.21 Å². The predicted octanol–water partition coefficient (Wildman–Crippen LogP) is 2.91. The third-order valence-corrected chi connectivity index (χ3v) is 3.65. The van der Waals surface area contributed by atoms with Crippen molar-refractivity contribution in [1.82, 2.24) is 14.9 Å². The van der Waals surface area contributed by atoms with E-state index in [0.717, 1.165) is 5.56 Å². The SMILES string of the molecule is Cc1cc(NC(=O)N(Cc2cccnc2)Cc2ccco2)c[nH]c1=O. The number of nitrogens with one attached hydrogen (secondary N) is 2. The minimum Gasteiger partial charge on any atom is -0.467 e. The molecular weight excluding hydrogens is 320 g/mol. The molecule has 0 saturated heterocycles. The molecule has 3 rings (SSSR count). The first-order chi connectivity index (χ1) is 12.1. The zero-order valence-corrected chi connectivity index (χ0v) is 13.7. The minimum atomic E-state index is -0.299. The van der Waals surface area contributed by atoms with Crippen molar-refractivity contribution in [2.45, 2.75) is 20.0 Å². The van der Waals surface area contributed by atoms with Crippen LogP contribution in [0.4, 0.5) is 10.5 Å². The predicted molar refractivity (Wildman–Crippen MR) is 93.0 cm³/mol. The van der Waals surface area contributed by atoms with Crippen LogP contribution in [0.1, 0.15) is 16.9 Å². The van der Waals surface area contributed by atoms with Crippen molar-refractivity contribution in [3.8, 4) is 0 Å². The average molecular weight is 338 g/mol. The first kappa shape index (κ1) is 16.5. The maximum Gasteiger partial charge on any atom is 0.322 e. The minimum absolute atomic E-state index is 0.180. The summed E-state index contributed by atoms with van der Waals surface area (Å²) in [5.41, 5.74) is 1.78. The van der Waals surface area contributed by atoms with Gasteiger partial charge < -0.3 is 19.6 Å². The van der Waals surface area contributed by atoms with E-state index >= 15 is 0 Å². The number of furan rings is 1. The Morgan fingerprint density at radius 2 is 2.20 bits per heavy atom. The van der Waals surface area contributed by atoms with Gasteiger partial charge in [-0.15, -0.1) is 0 Å². The molecule has 0 fully saturated rings. The molecule has 0 spiro atoms. The molecule has 0 atom stereocenters. The number of rotatable bonds is 5. The molecular formula is C18H18N4O3. The van der Waals surface area contributed by atoms with E-state index < -0.39 is 0 Å². The fourth-order valence-electron chi connectivity index (χ4n) is 2.37. The molecule has 2 N–H and O–H groups in total. The van der Waals surface area contributed by atoms with Gasteiger partial charge in [0.05, 0.1) is 18.5 Å². The highest BCUT2D eigenvalue weighted by molar-refractivity contribution is 5.89. The molecule has 0 bridgehead atoms. The molecule has 128 valence electrons. The number of hydrogen-bond donors (Lipinski definition) is 2. The van der Waals surface area contributed by atoms with Crippen LogP contribution in [0, 0.1) is 6.92 Å². The number of aromatic nitrogens is 2. The van der Waals surface area contributed by atoms with Gasteiger partial charge in [0.25, 0.3) is 5.56 Å². The van der Waals surface area contributed by atoms with E-state index in [4.69, 9.17) is 4.42 Å². The monoisotopic (exact) mass is 338 g/mol. The number of pyridine rings is 2. The highest BCUT2D eigenvalue weighted by Crippen LogP contribution is 2.13. The Bertz CT molecular complexity index is 888. The maximum absolute atomic E-state index is 12.7. The number of H-pyrrole nitrogens is 1. The molecule has 0 aromatic carbocycles. The number of amides is 2. The summed E-state index contributed by atoms with van der Waals surface area (Å²) in [5, 5.41) is 2.80. The molecule has 25 heavy (non-hydrogen) atoms. The fraction of sp³-hybridized carbons (Fsp3) is 0.167. The van der Waals surface area contributed by atoms with Gasteiger partial charge in [0.1, 0.15) is 5.76 Å². The van der Waals surface area contributed by atoms with Gasteiger partial charge in [-0.2, -0.15) is 0 Å². The van der Waals surface area contributed by atoms with Crippen molar-refractivity contribution in [2.75, 3.05) is 5.32 Å². The zero-order chi connectivity index (χ0) is 17.6. The van der Waals surface area contributed by atoms with E-state index in [1.54, 1.807) is 42.6 Å². The summed E-state index contributed by atoms with van der Waals surface area (Å²) < 4.78 is 5.35. The first-order valence-corrected chi connectivity index (χ1v) is 7.78. The van der Waals surface area contributed by atoms with Gasteiger partial charge in [0.2, 0.25) is 0 Å². The lowest BCUT2D eigenvalue weighted by Gasteiger charge is -2.22. The standard InChI is InChI=1S/C18H18N4O3/c1-13-8-15(10-20-17(13)23)21-18(24)22(12-16-5-3-7-25-16)11-14-4-2-6-19-9-14/h2-10H,11-12H2,1H3,(H,20,23)(H,21,24). The summed E-state index contributed by atoms with van der Waals surface area (Å²) in [6.07, 6.45) is 6.44. The van der Waals surface area contributed by atoms with Crippen LogP contribution in [0.15, 0.2) is 64.4 Å². The molecule has 0 aliphatic heterocycles. The van der Waals surface area contributed by atoms with Gasteiger partial charge in [-0.1, -0.05) is 6.07 Å². The second kappa shape index (κ2) is 7.48. The molecule has 3 heterocycles. The number of carbonyl (C=O) groups excluding carboxylic acids is 1. The quantitative estimate of drug-likeness (QED) is 0.748. The van der Waals surface area contributed by atoms with Crippen LogP contribution < -0.4 is 10.9 Å². The molecule has 0 radical (unpaired) electrons. The van der Waals surface area contributed by atoms with Crippen LogP contribution in [0.5, 0.6) is 0 Å². The van der Waals surface area contributed by atoms with Crippen molar-refractivity contribution >= 4 is 11.7 Å². The summed E-state index contributed by atoms with van der Waals surface area (Å²) in [7, 11) is 0. The molecule has 3 aromatic rings. The van der Waals surface area contributed by atoms with Crippen LogP contribution in [0.25, 0.3) is 0 Å². The number of hydrogen-bond acceptors (Lipinski definition) is 4. The Morgan fingerprint density at radius 1 is 1.32 bits per heavy atom. The van der Waals surface area contributed by atoms with Gasteiger partial charge in [0.15, 0.2) is 0 Å². The van der Waals surface area contributed by atoms with Gasteiger partial charge in [0, 0.05) is 30.7 Å². The maximum atomic E-state index is 12.7. The van der Waals surface area contributed by atoms with E-state index in [0.29, 0.717) is 30.1 Å². The molecule has 0 saturated carbocycles. The Hall–Kier alpha value is -3.35. The highest BCUT2D eigenvalue weighted by Gasteiger charge is 2.16. The summed E-state index contributed by atoms with van der Waals surface area (Å²) in [5.74, 6) is 0.677. The average Bonchev–Trinajstić information content (AvgIpc) is 3.12. The third-order valence-electron chi connectivity index (χ3n) is 3.65. The normalized spacial score (nSPS) is 10.4. The zero-order valence-electron chi connectivity index (χ0n) is 13.7. The topological polar surface area (TPSA) is 91.2 Å². The number of carbonyl (C=O) groups is 1. The number of aryl methyl sites for hydroxylation is 1. The number of nitrogens with zero attached hydrogens (tertiary/aromatic N) is 2.